The number of nitrogens with one attached hydrogen (secondary N) is 2. The van der Waals surface area contributed by atoms with E-state index in [2.05, 4.69) is 10.3 Å². The molecule has 3 aromatic carbocycles. The topological polar surface area (TPSA) is 37.0 Å². The van der Waals surface area contributed by atoms with Crippen LogP contribution in [0.25, 0.3) is 10.9 Å². The lowest BCUT2D eigenvalue weighted by atomic mass is 10.0. The van der Waals surface area contributed by atoms with Crippen molar-refractivity contribution in [3.8, 4) is 0 Å². The van der Waals surface area contributed by atoms with Gasteiger partial charge in [0.15, 0.2) is 0 Å². The Kier molecular flexibility index (Phi) is 8.59. The maximum atomic E-state index is 15.3. The SMILES string of the molecule is C[C@H](Cc1c[nH]c2cc(C(F)(F)F)ccc12)NCC(F)(F)CO[Si](c1ccccc1)(c1ccccc1)C(C)(C)C. The Hall–Kier alpha value is -3.01. The lowest BCUT2D eigenvalue weighted by molar-refractivity contribution is -0.137. The van der Waals surface area contributed by atoms with Gasteiger partial charge in [-0.05, 0) is 46.5 Å². The first kappa shape index (κ1) is 30.0. The highest BCUT2D eigenvalue weighted by molar-refractivity contribution is 6.99. The maximum Gasteiger partial charge on any atom is 0.416 e. The monoisotopic (exact) mass is 574 g/mol. The van der Waals surface area contributed by atoms with Gasteiger partial charge in [-0.3, -0.25) is 0 Å². The summed E-state index contributed by atoms with van der Waals surface area (Å²) in [5.74, 6) is -3.15. The Morgan fingerprint density at radius 2 is 1.43 bits per heavy atom. The number of rotatable bonds is 10. The van der Waals surface area contributed by atoms with Crippen LogP contribution >= 0.6 is 0 Å². The van der Waals surface area contributed by atoms with Crippen LogP contribution in [0.5, 0.6) is 0 Å². The van der Waals surface area contributed by atoms with E-state index in [9.17, 15) is 13.2 Å². The molecule has 1 atom stereocenters. The third-order valence-electron chi connectivity index (χ3n) is 7.25. The van der Waals surface area contributed by atoms with Crippen molar-refractivity contribution in [1.82, 2.24) is 10.3 Å². The van der Waals surface area contributed by atoms with Crippen LogP contribution in [-0.4, -0.2) is 38.4 Å². The summed E-state index contributed by atoms with van der Waals surface area (Å²) in [5, 5.41) is 4.99. The van der Waals surface area contributed by atoms with Gasteiger partial charge in [-0.15, -0.1) is 0 Å². The minimum absolute atomic E-state index is 0.347. The van der Waals surface area contributed by atoms with Crippen LogP contribution in [0.3, 0.4) is 0 Å². The van der Waals surface area contributed by atoms with E-state index >= 15 is 8.78 Å². The lowest BCUT2D eigenvalue weighted by Crippen LogP contribution is -2.67. The predicted octanol–water partition coefficient (Wildman–Crippen LogP) is 6.92. The third kappa shape index (κ3) is 6.48. The number of aromatic nitrogens is 1. The van der Waals surface area contributed by atoms with Gasteiger partial charge in [0.2, 0.25) is 0 Å². The Bertz CT molecular complexity index is 1360. The standard InChI is InChI=1S/C31H35F5N2OSi/c1-22(17-23-19-37-28-18-24(31(34,35)36)15-16-27(23)28)38-20-30(32,33)21-39-40(29(2,3)4,25-11-7-5-8-12-25)26-13-9-6-10-14-26/h5-16,18-19,22,37-38H,17,20-21H2,1-4H3/t22-/m1/s1. The molecule has 214 valence electrons. The van der Waals surface area contributed by atoms with Crippen molar-refractivity contribution in [1.29, 1.82) is 0 Å². The number of fused-ring (bicyclic) bond motifs is 1. The molecule has 0 aliphatic rings. The molecule has 4 aromatic rings. The van der Waals surface area contributed by atoms with Crippen LogP contribution in [0.2, 0.25) is 5.04 Å². The van der Waals surface area contributed by atoms with Gasteiger partial charge in [-0.25, -0.2) is 8.78 Å². The number of aromatic amines is 1. The first-order valence-corrected chi connectivity index (χ1v) is 15.2. The fourth-order valence-electron chi connectivity index (χ4n) is 5.28. The molecule has 0 amide bonds. The molecule has 40 heavy (non-hydrogen) atoms. The highest BCUT2D eigenvalue weighted by Gasteiger charge is 2.51. The van der Waals surface area contributed by atoms with Gasteiger partial charge in [0.25, 0.3) is 14.2 Å². The van der Waals surface area contributed by atoms with Crippen LogP contribution in [-0.2, 0) is 17.0 Å². The van der Waals surface area contributed by atoms with Crippen molar-refractivity contribution >= 4 is 29.6 Å². The molecule has 2 N–H and O–H groups in total. The van der Waals surface area contributed by atoms with Gasteiger partial charge in [-0.2, -0.15) is 13.2 Å². The number of hydrogen-bond donors (Lipinski definition) is 2. The van der Waals surface area contributed by atoms with E-state index in [1.54, 1.807) is 13.1 Å². The molecule has 0 bridgehead atoms. The molecule has 0 radical (unpaired) electrons. The van der Waals surface area contributed by atoms with Crippen molar-refractivity contribution in [2.24, 2.45) is 0 Å². The molecule has 0 unspecified atom stereocenters. The van der Waals surface area contributed by atoms with Gasteiger partial charge in [0.1, 0.15) is 0 Å². The van der Waals surface area contributed by atoms with E-state index < -0.39 is 44.2 Å². The summed E-state index contributed by atoms with van der Waals surface area (Å²) in [6.07, 6.45) is -2.43. The summed E-state index contributed by atoms with van der Waals surface area (Å²) in [5.41, 5.74) is 0.386. The van der Waals surface area contributed by atoms with E-state index in [0.29, 0.717) is 17.3 Å². The second-order valence-corrected chi connectivity index (χ2v) is 15.7. The smallest absolute Gasteiger partial charge is 0.401 e. The maximum absolute atomic E-state index is 15.3. The van der Waals surface area contributed by atoms with E-state index in [1.807, 2.05) is 81.4 Å². The van der Waals surface area contributed by atoms with Crippen LogP contribution < -0.4 is 15.7 Å². The Labute approximate surface area is 232 Å². The van der Waals surface area contributed by atoms with Gasteiger partial charge in [0, 0.05) is 23.1 Å². The van der Waals surface area contributed by atoms with Crippen LogP contribution in [0.15, 0.2) is 85.1 Å². The summed E-state index contributed by atoms with van der Waals surface area (Å²) in [6.45, 7) is 6.56. The van der Waals surface area contributed by atoms with E-state index in [0.717, 1.165) is 28.1 Å². The first-order chi connectivity index (χ1) is 18.7. The number of alkyl halides is 5. The van der Waals surface area contributed by atoms with E-state index in [4.69, 9.17) is 4.43 Å². The molecule has 1 heterocycles. The summed E-state index contributed by atoms with van der Waals surface area (Å²) >= 11 is 0. The minimum Gasteiger partial charge on any atom is -0.401 e. The summed E-state index contributed by atoms with van der Waals surface area (Å²) in [6, 6.07) is 22.4. The van der Waals surface area contributed by atoms with E-state index in [-0.39, 0.29) is 6.04 Å². The molecular formula is C31H35F5N2OSi. The normalized spacial score (nSPS) is 14.0. The third-order valence-corrected chi connectivity index (χ3v) is 12.2. The summed E-state index contributed by atoms with van der Waals surface area (Å²) in [4.78, 5) is 2.87. The number of hydrogen-bond acceptors (Lipinski definition) is 2. The Morgan fingerprint density at radius 3 is 1.95 bits per heavy atom. The zero-order valence-corrected chi connectivity index (χ0v) is 24.1. The Morgan fingerprint density at radius 1 is 0.850 bits per heavy atom. The largest absolute Gasteiger partial charge is 0.416 e. The zero-order chi connectivity index (χ0) is 29.2. The predicted molar refractivity (Wildman–Crippen MR) is 153 cm³/mol. The van der Waals surface area contributed by atoms with Crippen molar-refractivity contribution in [2.45, 2.75) is 57.3 Å². The molecule has 0 spiro atoms. The number of benzene rings is 3. The lowest BCUT2D eigenvalue weighted by Gasteiger charge is -2.43. The van der Waals surface area contributed by atoms with Crippen molar-refractivity contribution in [3.05, 3.63) is 96.2 Å². The van der Waals surface area contributed by atoms with Gasteiger partial charge < -0.3 is 14.7 Å². The molecule has 4 rings (SSSR count). The second kappa shape index (κ2) is 11.5. The molecule has 1 aromatic heterocycles. The molecular weight excluding hydrogens is 539 g/mol. The average molecular weight is 575 g/mol. The molecule has 9 heteroatoms. The number of halogens is 5. The van der Waals surface area contributed by atoms with Crippen LogP contribution in [0, 0.1) is 0 Å². The fourth-order valence-corrected chi connectivity index (χ4v) is 9.87. The van der Waals surface area contributed by atoms with Crippen molar-refractivity contribution in [3.63, 3.8) is 0 Å². The molecule has 0 saturated carbocycles. The van der Waals surface area contributed by atoms with Gasteiger partial charge in [-0.1, -0.05) is 87.5 Å². The quantitative estimate of drug-likeness (QED) is 0.159. The molecule has 0 aliphatic carbocycles. The fraction of sp³-hybridized carbons (Fsp3) is 0.355. The molecule has 0 fully saturated rings. The first-order valence-electron chi connectivity index (χ1n) is 13.3. The molecule has 0 saturated heterocycles. The van der Waals surface area contributed by atoms with Crippen molar-refractivity contribution in [2.75, 3.05) is 13.2 Å². The minimum atomic E-state index is -4.43. The highest BCUT2D eigenvalue weighted by Crippen LogP contribution is 2.37. The Balaban J connectivity index is 1.47. The summed E-state index contributed by atoms with van der Waals surface area (Å²) in [7, 11) is -3.11. The molecule has 0 aliphatic heterocycles. The van der Waals surface area contributed by atoms with Gasteiger partial charge >= 0.3 is 6.18 Å². The van der Waals surface area contributed by atoms with Gasteiger partial charge in [0.05, 0.1) is 18.7 Å². The average Bonchev–Trinajstić information content (AvgIpc) is 3.30. The highest BCUT2D eigenvalue weighted by atomic mass is 28.4. The summed E-state index contributed by atoms with van der Waals surface area (Å²) < 4.78 is 76.2. The van der Waals surface area contributed by atoms with E-state index in [1.165, 1.54) is 6.07 Å². The molecule has 3 nitrogen and oxygen atoms in total. The number of H-pyrrole nitrogens is 1. The second-order valence-electron chi connectivity index (χ2n) is 11.4. The van der Waals surface area contributed by atoms with Crippen molar-refractivity contribution < 1.29 is 26.4 Å². The van der Waals surface area contributed by atoms with Crippen LogP contribution in [0.4, 0.5) is 22.0 Å². The van der Waals surface area contributed by atoms with Crippen LogP contribution in [0.1, 0.15) is 38.8 Å². The zero-order valence-electron chi connectivity index (χ0n) is 23.1.